The average molecular weight is 393 g/mol. The third-order valence-corrected chi connectivity index (χ3v) is 4.73. The second kappa shape index (κ2) is 11.1. The average Bonchev–Trinajstić information content (AvgIpc) is 3.18. The Bertz CT molecular complexity index is 963. The summed E-state index contributed by atoms with van der Waals surface area (Å²) < 4.78 is 7.06. The highest BCUT2D eigenvalue weighted by atomic mass is 32.1. The number of aromatic nitrogens is 1. The molecule has 2 aromatic carbocycles. The molecule has 4 rings (SSSR count). The van der Waals surface area contributed by atoms with E-state index in [0.29, 0.717) is 0 Å². The Hall–Kier alpha value is -2.85. The Morgan fingerprint density at radius 1 is 0.929 bits per heavy atom. The Labute approximate surface area is 171 Å². The fraction of sp³-hybridized carbons (Fsp3) is 0.208. The standard InChI is InChI=1S/C19H14N2OS.C3H8.C2H6/c20-14-6-8-15(9-7-14)22-17-10-11-21-16-12-18(23-19(16)17)13-4-2-1-3-5-13;1-3-2;1-2/h1-12H,20H2;3H2,1-2H3;1-2H3. The first-order valence-corrected chi connectivity index (χ1v) is 10.5. The van der Waals surface area contributed by atoms with Gasteiger partial charge in [0.25, 0.3) is 0 Å². The molecule has 4 aromatic rings. The van der Waals surface area contributed by atoms with Crippen LogP contribution in [-0.4, -0.2) is 4.98 Å². The Morgan fingerprint density at radius 2 is 1.57 bits per heavy atom. The van der Waals surface area contributed by atoms with Crippen molar-refractivity contribution in [1.29, 1.82) is 0 Å². The number of anilines is 1. The van der Waals surface area contributed by atoms with Gasteiger partial charge in [-0.15, -0.1) is 11.3 Å². The van der Waals surface area contributed by atoms with Crippen molar-refractivity contribution in [3.8, 4) is 21.9 Å². The number of hydrogen-bond donors (Lipinski definition) is 1. The lowest BCUT2D eigenvalue weighted by atomic mass is 10.2. The number of hydrogen-bond acceptors (Lipinski definition) is 4. The number of nitrogens with two attached hydrogens (primary N) is 1. The molecule has 0 bridgehead atoms. The fourth-order valence-corrected chi connectivity index (χ4v) is 3.47. The molecule has 0 atom stereocenters. The number of fused-ring (bicyclic) bond motifs is 1. The monoisotopic (exact) mass is 392 g/mol. The summed E-state index contributed by atoms with van der Waals surface area (Å²) in [4.78, 5) is 5.64. The van der Waals surface area contributed by atoms with Crippen molar-refractivity contribution in [3.63, 3.8) is 0 Å². The van der Waals surface area contributed by atoms with Crippen LogP contribution in [0.25, 0.3) is 20.7 Å². The van der Waals surface area contributed by atoms with Gasteiger partial charge in [0.05, 0.1) is 10.2 Å². The van der Waals surface area contributed by atoms with Crippen LogP contribution in [0.5, 0.6) is 11.5 Å². The molecule has 0 fully saturated rings. The van der Waals surface area contributed by atoms with Crippen molar-refractivity contribution in [3.05, 3.63) is 72.9 Å². The summed E-state index contributed by atoms with van der Waals surface area (Å²) in [7, 11) is 0. The van der Waals surface area contributed by atoms with Gasteiger partial charge in [0.2, 0.25) is 0 Å². The second-order valence-electron chi connectivity index (χ2n) is 5.88. The summed E-state index contributed by atoms with van der Waals surface area (Å²) in [6, 6.07) is 21.7. The summed E-state index contributed by atoms with van der Waals surface area (Å²) in [5.74, 6) is 1.58. The van der Waals surface area contributed by atoms with Crippen LogP contribution < -0.4 is 10.5 Å². The SMILES string of the molecule is CC.CCC.Nc1ccc(Oc2ccnc3cc(-c4ccccc4)sc23)cc1. The van der Waals surface area contributed by atoms with E-state index in [4.69, 9.17) is 10.5 Å². The van der Waals surface area contributed by atoms with Crippen LogP contribution in [0.15, 0.2) is 72.9 Å². The van der Waals surface area contributed by atoms with E-state index in [-0.39, 0.29) is 0 Å². The number of ether oxygens (including phenoxy) is 1. The van der Waals surface area contributed by atoms with Gasteiger partial charge in [-0.1, -0.05) is 64.4 Å². The molecule has 146 valence electrons. The van der Waals surface area contributed by atoms with Crippen molar-refractivity contribution >= 4 is 27.2 Å². The second-order valence-corrected chi connectivity index (χ2v) is 6.93. The first kappa shape index (κ1) is 21.5. The zero-order valence-corrected chi connectivity index (χ0v) is 17.8. The van der Waals surface area contributed by atoms with Crippen molar-refractivity contribution in [2.75, 3.05) is 5.73 Å². The van der Waals surface area contributed by atoms with E-state index < -0.39 is 0 Å². The molecular formula is C24H28N2OS. The molecule has 4 heteroatoms. The normalized spacial score (nSPS) is 9.71. The van der Waals surface area contributed by atoms with Gasteiger partial charge in [-0.25, -0.2) is 0 Å². The number of thiophene rings is 1. The van der Waals surface area contributed by atoms with Crippen molar-refractivity contribution in [1.82, 2.24) is 4.98 Å². The lowest BCUT2D eigenvalue weighted by Gasteiger charge is -2.06. The van der Waals surface area contributed by atoms with Gasteiger partial charge >= 0.3 is 0 Å². The molecule has 2 N–H and O–H groups in total. The third-order valence-electron chi connectivity index (χ3n) is 3.54. The maximum atomic E-state index is 6.01. The Morgan fingerprint density at radius 3 is 2.21 bits per heavy atom. The minimum atomic E-state index is 0.722. The molecule has 0 saturated carbocycles. The van der Waals surface area contributed by atoms with Crippen LogP contribution >= 0.6 is 11.3 Å². The molecule has 0 saturated heterocycles. The van der Waals surface area contributed by atoms with E-state index in [1.54, 1.807) is 17.5 Å². The van der Waals surface area contributed by atoms with E-state index in [9.17, 15) is 0 Å². The molecule has 28 heavy (non-hydrogen) atoms. The van der Waals surface area contributed by atoms with Gasteiger partial charge in [-0.2, -0.15) is 0 Å². The van der Waals surface area contributed by atoms with Crippen LogP contribution in [0, 0.1) is 0 Å². The minimum Gasteiger partial charge on any atom is -0.456 e. The number of nitrogens with zero attached hydrogens (tertiary/aromatic N) is 1. The molecule has 0 radical (unpaired) electrons. The predicted molar refractivity (Wildman–Crippen MR) is 123 cm³/mol. The van der Waals surface area contributed by atoms with Crippen molar-refractivity contribution in [2.24, 2.45) is 0 Å². The summed E-state index contributed by atoms with van der Waals surface area (Å²) in [5, 5.41) is 0. The number of pyridine rings is 1. The van der Waals surface area contributed by atoms with Gasteiger partial charge in [0, 0.05) is 22.8 Å². The molecule has 2 aromatic heterocycles. The maximum Gasteiger partial charge on any atom is 0.148 e. The van der Waals surface area contributed by atoms with Crippen LogP contribution in [0.4, 0.5) is 5.69 Å². The molecule has 0 unspecified atom stereocenters. The van der Waals surface area contributed by atoms with E-state index >= 15 is 0 Å². The molecule has 3 nitrogen and oxygen atoms in total. The Balaban J connectivity index is 0.000000514. The maximum absolute atomic E-state index is 6.01. The van der Waals surface area contributed by atoms with Crippen LogP contribution in [0.3, 0.4) is 0 Å². The molecule has 0 spiro atoms. The summed E-state index contributed by atoms with van der Waals surface area (Å²) in [5.41, 5.74) is 8.57. The van der Waals surface area contributed by atoms with Gasteiger partial charge in [0.15, 0.2) is 0 Å². The van der Waals surface area contributed by atoms with Crippen molar-refractivity contribution < 1.29 is 4.74 Å². The van der Waals surface area contributed by atoms with Gasteiger partial charge in [-0.05, 0) is 35.9 Å². The van der Waals surface area contributed by atoms with Gasteiger partial charge in [-0.3, -0.25) is 4.98 Å². The van der Waals surface area contributed by atoms with E-state index in [1.165, 1.54) is 16.9 Å². The summed E-state index contributed by atoms with van der Waals surface area (Å²) >= 11 is 1.69. The van der Waals surface area contributed by atoms with E-state index in [1.807, 2.05) is 62.4 Å². The molecule has 0 aliphatic carbocycles. The lowest BCUT2D eigenvalue weighted by molar-refractivity contribution is 0.489. The minimum absolute atomic E-state index is 0.722. The smallest absolute Gasteiger partial charge is 0.148 e. The van der Waals surface area contributed by atoms with Gasteiger partial charge in [0.1, 0.15) is 11.5 Å². The number of rotatable bonds is 3. The highest BCUT2D eigenvalue weighted by molar-refractivity contribution is 7.22. The molecule has 2 heterocycles. The van der Waals surface area contributed by atoms with E-state index in [2.05, 4.69) is 37.0 Å². The topological polar surface area (TPSA) is 48.1 Å². The Kier molecular flexibility index (Phi) is 8.50. The summed E-state index contributed by atoms with van der Waals surface area (Å²) in [6.45, 7) is 8.25. The number of benzene rings is 2. The van der Waals surface area contributed by atoms with Crippen molar-refractivity contribution in [2.45, 2.75) is 34.1 Å². The van der Waals surface area contributed by atoms with Gasteiger partial charge < -0.3 is 10.5 Å². The van der Waals surface area contributed by atoms with E-state index in [0.717, 1.165) is 27.4 Å². The largest absolute Gasteiger partial charge is 0.456 e. The highest BCUT2D eigenvalue weighted by Gasteiger charge is 2.10. The predicted octanol–water partition coefficient (Wildman–Crippen LogP) is 7.78. The summed E-state index contributed by atoms with van der Waals surface area (Å²) in [6.07, 6.45) is 3.02. The molecule has 0 amide bonds. The first-order valence-electron chi connectivity index (χ1n) is 9.68. The molecule has 0 aliphatic heterocycles. The quantitative estimate of drug-likeness (QED) is 0.362. The lowest BCUT2D eigenvalue weighted by Crippen LogP contribution is -1.87. The molecular weight excluding hydrogens is 364 g/mol. The fourth-order valence-electron chi connectivity index (χ4n) is 2.40. The van der Waals surface area contributed by atoms with Crippen LogP contribution in [0.2, 0.25) is 0 Å². The number of nitrogen functional groups attached to an aromatic ring is 1. The molecule has 0 aliphatic rings. The highest BCUT2D eigenvalue weighted by Crippen LogP contribution is 2.39. The zero-order valence-electron chi connectivity index (χ0n) is 17.0. The zero-order chi connectivity index (χ0) is 20.4. The van der Waals surface area contributed by atoms with Crippen LogP contribution in [-0.2, 0) is 0 Å². The third kappa shape index (κ3) is 5.57. The van der Waals surface area contributed by atoms with Crippen LogP contribution in [0.1, 0.15) is 34.1 Å². The first-order chi connectivity index (χ1) is 13.7.